The predicted molar refractivity (Wildman–Crippen MR) is 113 cm³/mol. The zero-order valence-electron chi connectivity index (χ0n) is 16.7. The molecule has 3 fully saturated rings. The summed E-state index contributed by atoms with van der Waals surface area (Å²) in [6.45, 7) is 5.28. The number of rotatable bonds is 4. The van der Waals surface area contributed by atoms with Gasteiger partial charge < -0.3 is 20.4 Å². The number of benzene rings is 1. The minimum atomic E-state index is -0.0130. The van der Waals surface area contributed by atoms with Crippen molar-refractivity contribution in [3.8, 4) is 0 Å². The van der Waals surface area contributed by atoms with Crippen molar-refractivity contribution in [2.45, 2.75) is 32.2 Å². The lowest BCUT2D eigenvalue weighted by molar-refractivity contribution is -0.135. The van der Waals surface area contributed by atoms with Gasteiger partial charge in [0.1, 0.15) is 0 Å². The van der Waals surface area contributed by atoms with E-state index in [1.54, 1.807) is 24.3 Å². The first-order valence-corrected chi connectivity index (χ1v) is 10.2. The molecule has 7 nitrogen and oxygen atoms in total. The Morgan fingerprint density at radius 1 is 1.17 bits per heavy atom. The number of amides is 3. The minimum absolute atomic E-state index is 0. The third kappa shape index (κ3) is 4.90. The summed E-state index contributed by atoms with van der Waals surface area (Å²) in [4.78, 5) is 40.9. The molecule has 1 saturated carbocycles. The summed E-state index contributed by atoms with van der Waals surface area (Å²) < 4.78 is 0. The van der Waals surface area contributed by atoms with E-state index in [0.29, 0.717) is 37.7 Å². The Hall–Kier alpha value is -2.12. The highest BCUT2D eigenvalue weighted by Gasteiger charge is 2.39. The number of hydrogen-bond donors (Lipinski definition) is 2. The summed E-state index contributed by atoms with van der Waals surface area (Å²) >= 11 is 0. The van der Waals surface area contributed by atoms with Gasteiger partial charge in [-0.05, 0) is 49.4 Å². The van der Waals surface area contributed by atoms with Crippen molar-refractivity contribution in [1.82, 2.24) is 15.1 Å². The van der Waals surface area contributed by atoms with E-state index in [2.05, 4.69) is 17.6 Å². The predicted octanol–water partition coefficient (Wildman–Crippen LogP) is 1.74. The van der Waals surface area contributed by atoms with E-state index in [4.69, 9.17) is 0 Å². The van der Waals surface area contributed by atoms with Crippen molar-refractivity contribution in [3.63, 3.8) is 0 Å². The van der Waals surface area contributed by atoms with Crippen LogP contribution in [0.2, 0.25) is 0 Å². The van der Waals surface area contributed by atoms with Gasteiger partial charge in [-0.1, -0.05) is 6.92 Å². The monoisotopic (exact) mass is 420 g/mol. The van der Waals surface area contributed by atoms with Crippen LogP contribution in [0, 0.1) is 11.8 Å². The van der Waals surface area contributed by atoms with Crippen LogP contribution in [-0.2, 0) is 9.59 Å². The Morgan fingerprint density at radius 3 is 2.55 bits per heavy atom. The number of carbonyl (C=O) groups is 3. The average Bonchev–Trinajstić information content (AvgIpc) is 3.45. The summed E-state index contributed by atoms with van der Waals surface area (Å²) in [6.07, 6.45) is 2.80. The van der Waals surface area contributed by atoms with Crippen molar-refractivity contribution in [2.24, 2.45) is 11.8 Å². The molecular formula is C21H29ClN4O3. The second-order valence-electron chi connectivity index (χ2n) is 8.20. The number of piperazine rings is 1. The van der Waals surface area contributed by atoms with Gasteiger partial charge in [0.15, 0.2) is 0 Å². The molecule has 1 aromatic carbocycles. The Bertz CT molecular complexity index is 770. The van der Waals surface area contributed by atoms with Crippen LogP contribution < -0.4 is 10.6 Å². The van der Waals surface area contributed by atoms with Gasteiger partial charge in [-0.15, -0.1) is 12.4 Å². The highest BCUT2D eigenvalue weighted by atomic mass is 35.5. The van der Waals surface area contributed by atoms with Crippen LogP contribution in [0.1, 0.15) is 36.5 Å². The molecule has 29 heavy (non-hydrogen) atoms. The SMILES string of the molecule is CC1CC1C(=O)Nc1ccc(C(=O)N2CCCC(N3CCNCC3=O)C2)cc1.Cl. The molecule has 3 atom stereocenters. The highest BCUT2D eigenvalue weighted by Crippen LogP contribution is 2.38. The smallest absolute Gasteiger partial charge is 0.253 e. The van der Waals surface area contributed by atoms with Crippen LogP contribution in [-0.4, -0.2) is 66.3 Å². The third-order valence-electron chi connectivity index (χ3n) is 6.10. The first-order chi connectivity index (χ1) is 13.5. The molecule has 0 spiro atoms. The highest BCUT2D eigenvalue weighted by molar-refractivity contribution is 5.97. The number of halogens is 1. The molecule has 2 saturated heterocycles. The van der Waals surface area contributed by atoms with Gasteiger partial charge >= 0.3 is 0 Å². The molecule has 3 amide bonds. The molecule has 2 N–H and O–H groups in total. The standard InChI is InChI=1S/C21H28N4O3.ClH/c1-14-11-18(14)20(27)23-16-6-4-15(5-7-16)21(28)24-9-2-3-17(13-24)25-10-8-22-12-19(25)26;/h4-7,14,17-18,22H,2-3,8-13H2,1H3,(H,23,27);1H. The Balaban J connectivity index is 0.00000240. The Labute approximate surface area is 177 Å². The van der Waals surface area contributed by atoms with E-state index in [0.717, 1.165) is 31.5 Å². The minimum Gasteiger partial charge on any atom is -0.337 e. The maximum absolute atomic E-state index is 12.9. The number of anilines is 1. The second kappa shape index (κ2) is 9.13. The number of carbonyl (C=O) groups excluding carboxylic acids is 3. The molecule has 0 aromatic heterocycles. The molecule has 2 aliphatic heterocycles. The maximum Gasteiger partial charge on any atom is 0.253 e. The van der Waals surface area contributed by atoms with Gasteiger partial charge in [0.05, 0.1) is 6.54 Å². The van der Waals surface area contributed by atoms with E-state index >= 15 is 0 Å². The van der Waals surface area contributed by atoms with E-state index in [1.807, 2.05) is 9.80 Å². The van der Waals surface area contributed by atoms with Crippen LogP contribution in [0.5, 0.6) is 0 Å². The summed E-state index contributed by atoms with van der Waals surface area (Å²) in [5.74, 6) is 0.762. The molecule has 4 rings (SSSR count). The number of nitrogens with zero attached hydrogens (tertiary/aromatic N) is 2. The lowest BCUT2D eigenvalue weighted by atomic mass is 10.0. The lowest BCUT2D eigenvalue weighted by Gasteiger charge is -2.41. The number of likely N-dealkylation sites (tertiary alicyclic amines) is 1. The zero-order chi connectivity index (χ0) is 19.7. The van der Waals surface area contributed by atoms with Gasteiger partial charge in [-0.3, -0.25) is 14.4 Å². The molecule has 3 aliphatic rings. The average molecular weight is 421 g/mol. The van der Waals surface area contributed by atoms with E-state index in [9.17, 15) is 14.4 Å². The number of nitrogens with one attached hydrogen (secondary N) is 2. The van der Waals surface area contributed by atoms with Crippen molar-refractivity contribution < 1.29 is 14.4 Å². The van der Waals surface area contributed by atoms with Gasteiger partial charge in [0, 0.05) is 49.4 Å². The summed E-state index contributed by atoms with van der Waals surface area (Å²) in [6, 6.07) is 7.23. The first kappa shape index (κ1) is 21.6. The van der Waals surface area contributed by atoms with E-state index in [-0.39, 0.29) is 42.1 Å². The summed E-state index contributed by atoms with van der Waals surface area (Å²) in [7, 11) is 0. The van der Waals surface area contributed by atoms with Crippen molar-refractivity contribution in [2.75, 3.05) is 38.0 Å². The fraction of sp³-hybridized carbons (Fsp3) is 0.571. The number of piperidine rings is 1. The van der Waals surface area contributed by atoms with E-state index in [1.165, 1.54) is 0 Å². The fourth-order valence-corrected chi connectivity index (χ4v) is 4.20. The van der Waals surface area contributed by atoms with Gasteiger partial charge in [-0.25, -0.2) is 0 Å². The van der Waals surface area contributed by atoms with E-state index < -0.39 is 0 Å². The normalized spacial score (nSPS) is 26.5. The first-order valence-electron chi connectivity index (χ1n) is 10.2. The van der Waals surface area contributed by atoms with Crippen LogP contribution in [0.3, 0.4) is 0 Å². The molecule has 0 radical (unpaired) electrons. The molecule has 3 unspecified atom stereocenters. The lowest BCUT2D eigenvalue weighted by Crippen LogP contribution is -2.57. The summed E-state index contributed by atoms with van der Waals surface area (Å²) in [5, 5.41) is 6.01. The van der Waals surface area contributed by atoms with Gasteiger partial charge in [-0.2, -0.15) is 0 Å². The van der Waals surface area contributed by atoms with Crippen molar-refractivity contribution in [1.29, 1.82) is 0 Å². The van der Waals surface area contributed by atoms with Crippen LogP contribution >= 0.6 is 12.4 Å². The Morgan fingerprint density at radius 2 is 1.90 bits per heavy atom. The topological polar surface area (TPSA) is 81.8 Å². The second-order valence-corrected chi connectivity index (χ2v) is 8.20. The summed E-state index contributed by atoms with van der Waals surface area (Å²) in [5.41, 5.74) is 1.34. The van der Waals surface area contributed by atoms with Crippen molar-refractivity contribution in [3.05, 3.63) is 29.8 Å². The largest absolute Gasteiger partial charge is 0.337 e. The molecule has 1 aliphatic carbocycles. The van der Waals surface area contributed by atoms with Gasteiger partial charge in [0.2, 0.25) is 11.8 Å². The fourth-order valence-electron chi connectivity index (χ4n) is 4.20. The zero-order valence-corrected chi connectivity index (χ0v) is 17.5. The quantitative estimate of drug-likeness (QED) is 0.777. The maximum atomic E-state index is 12.9. The number of hydrogen-bond acceptors (Lipinski definition) is 4. The third-order valence-corrected chi connectivity index (χ3v) is 6.10. The molecule has 1 aromatic rings. The molecule has 8 heteroatoms. The molecular weight excluding hydrogens is 392 g/mol. The molecule has 158 valence electrons. The van der Waals surface area contributed by atoms with Crippen LogP contribution in [0.4, 0.5) is 5.69 Å². The molecule has 2 heterocycles. The van der Waals surface area contributed by atoms with Gasteiger partial charge in [0.25, 0.3) is 5.91 Å². The molecule has 0 bridgehead atoms. The Kier molecular flexibility index (Phi) is 6.80. The van der Waals surface area contributed by atoms with Crippen LogP contribution in [0.15, 0.2) is 24.3 Å². The van der Waals surface area contributed by atoms with Crippen LogP contribution in [0.25, 0.3) is 0 Å². The van der Waals surface area contributed by atoms with Crippen molar-refractivity contribution >= 4 is 35.8 Å².